The molecule has 1 saturated heterocycles. The molecule has 1 fully saturated rings. The highest BCUT2D eigenvalue weighted by molar-refractivity contribution is 7.88. The van der Waals surface area contributed by atoms with Gasteiger partial charge in [-0.15, -0.1) is 0 Å². The molecule has 0 bridgehead atoms. The molecule has 0 radical (unpaired) electrons. The van der Waals surface area contributed by atoms with Crippen molar-refractivity contribution in [1.82, 2.24) is 9.29 Å². The quantitative estimate of drug-likeness (QED) is 0.896. The second kappa shape index (κ2) is 6.20. The number of piperidine rings is 1. The molecule has 2 rings (SSSR count). The summed E-state index contributed by atoms with van der Waals surface area (Å²) in [4.78, 5) is 4.16. The molecule has 0 aliphatic carbocycles. The van der Waals surface area contributed by atoms with E-state index in [0.29, 0.717) is 30.4 Å². The Morgan fingerprint density at radius 3 is 2.80 bits per heavy atom. The van der Waals surface area contributed by atoms with E-state index in [9.17, 15) is 8.42 Å². The average Bonchev–Trinajstić information content (AvgIpc) is 2.45. The summed E-state index contributed by atoms with van der Waals surface area (Å²) < 4.78 is 24.4. The van der Waals surface area contributed by atoms with E-state index < -0.39 is 10.0 Å². The van der Waals surface area contributed by atoms with Crippen molar-refractivity contribution in [2.45, 2.75) is 12.8 Å². The molecule has 0 unspecified atom stereocenters. The normalized spacial score (nSPS) is 17.6. The van der Waals surface area contributed by atoms with Gasteiger partial charge in [0, 0.05) is 25.8 Å². The van der Waals surface area contributed by atoms with Crippen LogP contribution in [0.1, 0.15) is 18.4 Å². The number of pyridine rings is 1. The van der Waals surface area contributed by atoms with Gasteiger partial charge in [0.15, 0.2) is 0 Å². The molecule has 1 aliphatic rings. The van der Waals surface area contributed by atoms with Gasteiger partial charge in [-0.3, -0.25) is 0 Å². The number of sulfonamides is 1. The van der Waals surface area contributed by atoms with Crippen LogP contribution in [0.25, 0.3) is 0 Å². The van der Waals surface area contributed by atoms with Gasteiger partial charge in [0.1, 0.15) is 5.82 Å². The van der Waals surface area contributed by atoms with E-state index in [1.165, 1.54) is 10.6 Å². The lowest BCUT2D eigenvalue weighted by atomic mass is 9.98. The summed E-state index contributed by atoms with van der Waals surface area (Å²) in [6.45, 7) is 1.91. The first-order valence-electron chi connectivity index (χ1n) is 6.54. The fourth-order valence-corrected chi connectivity index (χ4v) is 3.16. The zero-order valence-corrected chi connectivity index (χ0v) is 12.2. The SMILES string of the molecule is CS(=O)(=O)N1CCC(CNc2cc(C#N)ccn2)CC1. The first kappa shape index (κ1) is 14.8. The first-order chi connectivity index (χ1) is 9.49. The smallest absolute Gasteiger partial charge is 0.211 e. The van der Waals surface area contributed by atoms with Crippen LogP contribution in [-0.4, -0.2) is 43.6 Å². The van der Waals surface area contributed by atoms with Crippen LogP contribution in [0.15, 0.2) is 18.3 Å². The van der Waals surface area contributed by atoms with Gasteiger partial charge in [-0.1, -0.05) is 0 Å². The van der Waals surface area contributed by atoms with Gasteiger partial charge >= 0.3 is 0 Å². The fourth-order valence-electron chi connectivity index (χ4n) is 2.29. The molecule has 0 saturated carbocycles. The second-order valence-electron chi connectivity index (χ2n) is 5.03. The van der Waals surface area contributed by atoms with Crippen molar-refractivity contribution in [3.8, 4) is 6.07 Å². The van der Waals surface area contributed by atoms with E-state index in [1.54, 1.807) is 18.3 Å². The first-order valence-corrected chi connectivity index (χ1v) is 8.39. The van der Waals surface area contributed by atoms with Crippen LogP contribution in [0, 0.1) is 17.2 Å². The van der Waals surface area contributed by atoms with Gasteiger partial charge in [0.2, 0.25) is 10.0 Å². The van der Waals surface area contributed by atoms with Crippen molar-refractivity contribution < 1.29 is 8.42 Å². The maximum Gasteiger partial charge on any atom is 0.211 e. The Balaban J connectivity index is 1.83. The maximum atomic E-state index is 11.4. The summed E-state index contributed by atoms with van der Waals surface area (Å²) in [5.74, 6) is 1.12. The Morgan fingerprint density at radius 1 is 1.50 bits per heavy atom. The minimum Gasteiger partial charge on any atom is -0.370 e. The topological polar surface area (TPSA) is 86.1 Å². The van der Waals surface area contributed by atoms with Crippen LogP contribution in [0.5, 0.6) is 0 Å². The number of nitriles is 1. The molecule has 1 N–H and O–H groups in total. The number of aromatic nitrogens is 1. The van der Waals surface area contributed by atoms with Crippen LogP contribution in [0.4, 0.5) is 5.82 Å². The van der Waals surface area contributed by atoms with Crippen LogP contribution < -0.4 is 5.32 Å². The van der Waals surface area contributed by atoms with Crippen LogP contribution in [-0.2, 0) is 10.0 Å². The fraction of sp³-hybridized carbons (Fsp3) is 0.538. The molecule has 0 atom stereocenters. The van der Waals surface area contributed by atoms with E-state index in [0.717, 1.165) is 19.4 Å². The van der Waals surface area contributed by atoms with E-state index in [4.69, 9.17) is 5.26 Å². The number of anilines is 1. The minimum atomic E-state index is -3.06. The lowest BCUT2D eigenvalue weighted by Gasteiger charge is -2.30. The molecule has 6 nitrogen and oxygen atoms in total. The van der Waals surface area contributed by atoms with Crippen LogP contribution in [0.3, 0.4) is 0 Å². The molecule has 2 heterocycles. The van der Waals surface area contributed by atoms with E-state index in [2.05, 4.69) is 16.4 Å². The summed E-state index contributed by atoms with van der Waals surface area (Å²) in [6.07, 6.45) is 4.55. The Hall–Kier alpha value is -1.65. The number of rotatable bonds is 4. The molecule has 1 aromatic heterocycles. The lowest BCUT2D eigenvalue weighted by Crippen LogP contribution is -2.39. The molecule has 0 spiro atoms. The summed E-state index contributed by atoms with van der Waals surface area (Å²) in [5, 5.41) is 12.0. The average molecular weight is 294 g/mol. The Labute approximate surface area is 119 Å². The second-order valence-corrected chi connectivity index (χ2v) is 7.01. The highest BCUT2D eigenvalue weighted by atomic mass is 32.2. The third kappa shape index (κ3) is 3.92. The van der Waals surface area contributed by atoms with Crippen molar-refractivity contribution in [2.24, 2.45) is 5.92 Å². The predicted molar refractivity (Wildman–Crippen MR) is 76.6 cm³/mol. The third-order valence-corrected chi connectivity index (χ3v) is 4.81. The van der Waals surface area contributed by atoms with E-state index in [-0.39, 0.29) is 0 Å². The highest BCUT2D eigenvalue weighted by Gasteiger charge is 2.24. The van der Waals surface area contributed by atoms with Gasteiger partial charge < -0.3 is 5.32 Å². The minimum absolute atomic E-state index is 0.431. The number of hydrogen-bond donors (Lipinski definition) is 1. The summed E-state index contributed by atoms with van der Waals surface area (Å²) in [6, 6.07) is 5.45. The van der Waals surface area contributed by atoms with Gasteiger partial charge in [-0.2, -0.15) is 5.26 Å². The van der Waals surface area contributed by atoms with E-state index >= 15 is 0 Å². The van der Waals surface area contributed by atoms with Crippen molar-refractivity contribution >= 4 is 15.8 Å². The van der Waals surface area contributed by atoms with Crippen molar-refractivity contribution in [2.75, 3.05) is 31.2 Å². The Bertz CT molecular complexity index is 601. The highest BCUT2D eigenvalue weighted by Crippen LogP contribution is 2.19. The molecule has 1 aromatic rings. The predicted octanol–water partition coefficient (Wildman–Crippen LogP) is 1.04. The summed E-state index contributed by atoms with van der Waals surface area (Å²) in [7, 11) is -3.06. The van der Waals surface area contributed by atoms with Crippen molar-refractivity contribution in [3.05, 3.63) is 23.9 Å². The summed E-state index contributed by atoms with van der Waals surface area (Å²) >= 11 is 0. The molecule has 0 aromatic carbocycles. The standard InChI is InChI=1S/C13H18N4O2S/c1-20(18,19)17-6-3-11(4-7-17)10-16-13-8-12(9-14)2-5-15-13/h2,5,8,11H,3-4,6-7,10H2,1H3,(H,15,16). The number of hydrogen-bond acceptors (Lipinski definition) is 5. The monoisotopic (exact) mass is 294 g/mol. The van der Waals surface area contributed by atoms with Gasteiger partial charge in [-0.25, -0.2) is 17.7 Å². The molecular weight excluding hydrogens is 276 g/mol. The zero-order chi connectivity index (χ0) is 14.6. The third-order valence-electron chi connectivity index (χ3n) is 3.50. The number of nitrogens with one attached hydrogen (secondary N) is 1. The molecule has 7 heteroatoms. The molecule has 1 aliphatic heterocycles. The van der Waals surface area contributed by atoms with Crippen LogP contribution in [0.2, 0.25) is 0 Å². The van der Waals surface area contributed by atoms with Crippen LogP contribution >= 0.6 is 0 Å². The molecule has 108 valence electrons. The molecule has 20 heavy (non-hydrogen) atoms. The van der Waals surface area contributed by atoms with Crippen molar-refractivity contribution in [1.29, 1.82) is 5.26 Å². The Morgan fingerprint density at radius 2 is 2.20 bits per heavy atom. The van der Waals surface area contributed by atoms with E-state index in [1.807, 2.05) is 0 Å². The van der Waals surface area contributed by atoms with Gasteiger partial charge in [0.05, 0.1) is 17.9 Å². The molecular formula is C13H18N4O2S. The number of nitrogens with zero attached hydrogens (tertiary/aromatic N) is 3. The summed E-state index contributed by atoms with van der Waals surface area (Å²) in [5.41, 5.74) is 0.578. The Kier molecular flexibility index (Phi) is 4.57. The lowest BCUT2D eigenvalue weighted by molar-refractivity contribution is 0.283. The van der Waals surface area contributed by atoms with Gasteiger partial charge in [-0.05, 0) is 30.9 Å². The van der Waals surface area contributed by atoms with Crippen molar-refractivity contribution in [3.63, 3.8) is 0 Å². The largest absolute Gasteiger partial charge is 0.370 e. The molecule has 0 amide bonds. The maximum absolute atomic E-state index is 11.4. The van der Waals surface area contributed by atoms with Gasteiger partial charge in [0.25, 0.3) is 0 Å². The zero-order valence-electron chi connectivity index (χ0n) is 11.4.